The second-order valence-corrected chi connectivity index (χ2v) is 6.37. The number of hydrogen-bond donors (Lipinski definition) is 1. The van der Waals surface area contributed by atoms with Crippen LogP contribution in [0.1, 0.15) is 32.1 Å². The molecule has 2 aromatic rings. The van der Waals surface area contributed by atoms with Crippen molar-refractivity contribution in [2.45, 2.75) is 37.6 Å². The third-order valence-corrected chi connectivity index (χ3v) is 4.50. The lowest BCUT2D eigenvalue weighted by Crippen LogP contribution is -2.38. The largest absolute Gasteiger partial charge is 0.338 e. The smallest absolute Gasteiger partial charge is 0.234 e. The summed E-state index contributed by atoms with van der Waals surface area (Å²) in [5.41, 5.74) is 6.67. The predicted molar refractivity (Wildman–Crippen MR) is 78.9 cm³/mol. The summed E-state index contributed by atoms with van der Waals surface area (Å²) >= 11 is 12.0. The quantitative estimate of drug-likeness (QED) is 0.915. The highest BCUT2D eigenvalue weighted by Crippen LogP contribution is 2.39. The Morgan fingerprint density at radius 3 is 2.60 bits per heavy atom. The molecule has 2 unspecified atom stereocenters. The van der Waals surface area contributed by atoms with Crippen LogP contribution < -0.4 is 5.73 Å². The molecule has 1 aliphatic carbocycles. The van der Waals surface area contributed by atoms with Crippen molar-refractivity contribution < 1.29 is 4.52 Å². The van der Waals surface area contributed by atoms with Gasteiger partial charge in [-0.1, -0.05) is 34.8 Å². The van der Waals surface area contributed by atoms with Crippen molar-refractivity contribution >= 4 is 23.2 Å². The molecule has 4 nitrogen and oxygen atoms in total. The van der Waals surface area contributed by atoms with Gasteiger partial charge in [-0.2, -0.15) is 4.98 Å². The second kappa shape index (κ2) is 5.02. The van der Waals surface area contributed by atoms with E-state index >= 15 is 0 Å². The first-order valence-corrected chi connectivity index (χ1v) is 7.31. The first kappa shape index (κ1) is 13.9. The molecule has 1 aromatic heterocycles. The monoisotopic (exact) mass is 311 g/mol. The van der Waals surface area contributed by atoms with Gasteiger partial charge < -0.3 is 10.3 Å². The van der Waals surface area contributed by atoms with Gasteiger partial charge in [-0.25, -0.2) is 0 Å². The topological polar surface area (TPSA) is 64.9 Å². The first-order chi connectivity index (χ1) is 9.49. The molecule has 20 heavy (non-hydrogen) atoms. The van der Waals surface area contributed by atoms with Gasteiger partial charge in [-0.15, -0.1) is 0 Å². The molecule has 1 heterocycles. The minimum Gasteiger partial charge on any atom is -0.338 e. The van der Waals surface area contributed by atoms with E-state index in [0.717, 1.165) is 24.8 Å². The number of nitrogens with two attached hydrogens (primary N) is 1. The van der Waals surface area contributed by atoms with Gasteiger partial charge in [0.05, 0.1) is 5.41 Å². The molecule has 1 aliphatic rings. The van der Waals surface area contributed by atoms with Crippen molar-refractivity contribution in [2.75, 3.05) is 0 Å². The SMILES string of the molecule is CC1(c2nc(-c3cc(Cl)cc(Cl)c3)no2)CCCC1N. The van der Waals surface area contributed by atoms with E-state index in [1.807, 2.05) is 0 Å². The molecule has 0 saturated heterocycles. The third-order valence-electron chi connectivity index (χ3n) is 4.06. The number of benzene rings is 1. The lowest BCUT2D eigenvalue weighted by atomic mass is 9.85. The van der Waals surface area contributed by atoms with Gasteiger partial charge in [0, 0.05) is 21.7 Å². The number of hydrogen-bond acceptors (Lipinski definition) is 4. The number of nitrogens with zero attached hydrogens (tertiary/aromatic N) is 2. The highest BCUT2D eigenvalue weighted by atomic mass is 35.5. The van der Waals surface area contributed by atoms with E-state index in [1.165, 1.54) is 0 Å². The molecule has 3 rings (SSSR count). The Labute approximate surface area is 127 Å². The van der Waals surface area contributed by atoms with Crippen LogP contribution in [0.3, 0.4) is 0 Å². The van der Waals surface area contributed by atoms with Crippen molar-refractivity contribution in [1.29, 1.82) is 0 Å². The average Bonchev–Trinajstić information content (AvgIpc) is 2.97. The lowest BCUT2D eigenvalue weighted by molar-refractivity contribution is 0.278. The number of rotatable bonds is 2. The Balaban J connectivity index is 1.98. The van der Waals surface area contributed by atoms with E-state index in [0.29, 0.717) is 21.8 Å². The molecule has 1 saturated carbocycles. The summed E-state index contributed by atoms with van der Waals surface area (Å²) in [6.07, 6.45) is 3.03. The van der Waals surface area contributed by atoms with E-state index in [2.05, 4.69) is 17.1 Å². The summed E-state index contributed by atoms with van der Waals surface area (Å²) < 4.78 is 5.43. The van der Waals surface area contributed by atoms with Gasteiger partial charge >= 0.3 is 0 Å². The fraction of sp³-hybridized carbons (Fsp3) is 0.429. The van der Waals surface area contributed by atoms with Crippen LogP contribution in [0.25, 0.3) is 11.4 Å². The summed E-state index contributed by atoms with van der Waals surface area (Å²) in [5, 5.41) is 5.12. The standard InChI is InChI=1S/C14H15Cl2N3O/c1-14(4-2-3-11(14)17)13-18-12(19-20-13)8-5-9(15)7-10(16)6-8/h5-7,11H,2-4,17H2,1H3. The zero-order valence-electron chi connectivity index (χ0n) is 11.1. The van der Waals surface area contributed by atoms with Gasteiger partial charge in [0.15, 0.2) is 0 Å². The Hall–Kier alpha value is -1.10. The van der Waals surface area contributed by atoms with Crippen LogP contribution in [-0.4, -0.2) is 16.2 Å². The number of halogens is 2. The zero-order valence-corrected chi connectivity index (χ0v) is 12.6. The summed E-state index contributed by atoms with van der Waals surface area (Å²) in [4.78, 5) is 4.49. The van der Waals surface area contributed by atoms with Crippen molar-refractivity contribution in [3.05, 3.63) is 34.1 Å². The summed E-state index contributed by atoms with van der Waals surface area (Å²) in [7, 11) is 0. The van der Waals surface area contributed by atoms with E-state index in [-0.39, 0.29) is 11.5 Å². The highest BCUT2D eigenvalue weighted by Gasteiger charge is 2.42. The van der Waals surface area contributed by atoms with E-state index in [1.54, 1.807) is 18.2 Å². The van der Waals surface area contributed by atoms with Crippen molar-refractivity contribution in [3.8, 4) is 11.4 Å². The third kappa shape index (κ3) is 2.32. The van der Waals surface area contributed by atoms with Crippen molar-refractivity contribution in [2.24, 2.45) is 5.73 Å². The molecule has 0 amide bonds. The fourth-order valence-corrected chi connectivity index (χ4v) is 3.24. The molecule has 1 aromatic carbocycles. The van der Waals surface area contributed by atoms with Crippen LogP contribution in [0.2, 0.25) is 10.0 Å². The molecule has 0 aliphatic heterocycles. The molecular formula is C14H15Cl2N3O. The van der Waals surface area contributed by atoms with Gasteiger partial charge in [-0.3, -0.25) is 0 Å². The van der Waals surface area contributed by atoms with Gasteiger partial charge in [0.25, 0.3) is 0 Å². The van der Waals surface area contributed by atoms with Crippen molar-refractivity contribution in [3.63, 3.8) is 0 Å². The van der Waals surface area contributed by atoms with Gasteiger partial charge in [0.1, 0.15) is 0 Å². The molecule has 2 N–H and O–H groups in total. The maximum Gasteiger partial charge on any atom is 0.234 e. The highest BCUT2D eigenvalue weighted by molar-refractivity contribution is 6.35. The van der Waals surface area contributed by atoms with Gasteiger partial charge in [-0.05, 0) is 38.0 Å². The lowest BCUT2D eigenvalue weighted by Gasteiger charge is -2.23. The maximum absolute atomic E-state index is 6.17. The molecule has 6 heteroatoms. The average molecular weight is 312 g/mol. The Morgan fingerprint density at radius 2 is 2.00 bits per heavy atom. The van der Waals surface area contributed by atoms with Gasteiger partial charge in [0.2, 0.25) is 11.7 Å². The minimum atomic E-state index is -0.242. The Morgan fingerprint density at radius 1 is 1.30 bits per heavy atom. The van der Waals surface area contributed by atoms with E-state index in [9.17, 15) is 0 Å². The number of aromatic nitrogens is 2. The minimum absolute atomic E-state index is 0.0544. The summed E-state index contributed by atoms with van der Waals surface area (Å²) in [6, 6.07) is 5.25. The summed E-state index contributed by atoms with van der Waals surface area (Å²) in [5.74, 6) is 1.08. The van der Waals surface area contributed by atoms with Crippen LogP contribution in [0.5, 0.6) is 0 Å². The van der Waals surface area contributed by atoms with Crippen LogP contribution in [-0.2, 0) is 5.41 Å². The molecule has 0 spiro atoms. The van der Waals surface area contributed by atoms with E-state index < -0.39 is 0 Å². The molecule has 2 atom stereocenters. The molecule has 1 fully saturated rings. The molecule has 0 bridgehead atoms. The van der Waals surface area contributed by atoms with Crippen LogP contribution in [0, 0.1) is 0 Å². The van der Waals surface area contributed by atoms with Crippen molar-refractivity contribution in [1.82, 2.24) is 10.1 Å². The zero-order chi connectivity index (χ0) is 14.3. The predicted octanol–water partition coefficient (Wildman–Crippen LogP) is 3.81. The molecular weight excluding hydrogens is 297 g/mol. The van der Waals surface area contributed by atoms with Crippen LogP contribution in [0.4, 0.5) is 0 Å². The van der Waals surface area contributed by atoms with Crippen LogP contribution in [0.15, 0.2) is 22.7 Å². The summed E-state index contributed by atoms with van der Waals surface area (Å²) in [6.45, 7) is 2.08. The Bertz CT molecular complexity index is 623. The molecule has 106 valence electrons. The Kier molecular flexibility index (Phi) is 3.48. The second-order valence-electron chi connectivity index (χ2n) is 5.50. The maximum atomic E-state index is 6.17. The first-order valence-electron chi connectivity index (χ1n) is 6.55. The van der Waals surface area contributed by atoms with E-state index in [4.69, 9.17) is 33.5 Å². The normalized spacial score (nSPS) is 26.1. The molecule has 0 radical (unpaired) electrons. The van der Waals surface area contributed by atoms with Crippen LogP contribution >= 0.6 is 23.2 Å². The fourth-order valence-electron chi connectivity index (χ4n) is 2.71.